The summed E-state index contributed by atoms with van der Waals surface area (Å²) in [6.07, 6.45) is 5.51. The Balaban J connectivity index is 2.13. The summed E-state index contributed by atoms with van der Waals surface area (Å²) in [4.78, 5) is 26.7. The molecule has 0 aromatic heterocycles. The zero-order valence-corrected chi connectivity index (χ0v) is 16.3. The number of benzene rings is 1. The van der Waals surface area contributed by atoms with Gasteiger partial charge in [-0.2, -0.15) is 0 Å². The number of hydrogen-bond donors (Lipinski definition) is 1. The number of carbonyl (C=O) groups excluding carboxylic acids is 2. The first-order valence-electron chi connectivity index (χ1n) is 9.52. The Labute approximate surface area is 152 Å². The molecule has 25 heavy (non-hydrogen) atoms. The minimum atomic E-state index is -0.513. The summed E-state index contributed by atoms with van der Waals surface area (Å²) in [5.74, 6) is -0.965. The van der Waals surface area contributed by atoms with E-state index in [2.05, 4.69) is 23.5 Å². The number of carbonyl (C=O) groups is 2. The highest BCUT2D eigenvalue weighted by molar-refractivity contribution is 6.35. The Morgan fingerprint density at radius 3 is 2.32 bits per heavy atom. The van der Waals surface area contributed by atoms with Crippen molar-refractivity contribution >= 4 is 11.8 Å². The molecular weight excluding hydrogens is 312 g/mol. The Morgan fingerprint density at radius 2 is 1.76 bits per heavy atom. The lowest BCUT2D eigenvalue weighted by Crippen LogP contribution is -2.51. The molecule has 0 heterocycles. The van der Waals surface area contributed by atoms with E-state index < -0.39 is 11.8 Å². The number of hydrogen-bond acceptors (Lipinski definition) is 2. The van der Waals surface area contributed by atoms with Crippen molar-refractivity contribution in [1.82, 2.24) is 10.2 Å². The normalized spacial score (nSPS) is 15.2. The summed E-state index contributed by atoms with van der Waals surface area (Å²) < 4.78 is 0. The van der Waals surface area contributed by atoms with Crippen LogP contribution in [0.2, 0.25) is 0 Å². The maximum atomic E-state index is 12.6. The van der Waals surface area contributed by atoms with Gasteiger partial charge in [-0.25, -0.2) is 0 Å². The molecule has 4 nitrogen and oxygen atoms in total. The average Bonchev–Trinajstić information content (AvgIpc) is 2.58. The summed E-state index contributed by atoms with van der Waals surface area (Å²) in [6.45, 7) is 10.3. The van der Waals surface area contributed by atoms with Gasteiger partial charge < -0.3 is 10.2 Å². The lowest BCUT2D eigenvalue weighted by atomic mass is 9.89. The highest BCUT2D eigenvalue weighted by atomic mass is 16.2. The summed E-state index contributed by atoms with van der Waals surface area (Å²) >= 11 is 0. The first-order valence-corrected chi connectivity index (χ1v) is 9.52. The van der Waals surface area contributed by atoms with Crippen LogP contribution in [0, 0.1) is 0 Å². The molecule has 1 aliphatic carbocycles. The van der Waals surface area contributed by atoms with Gasteiger partial charge in [-0.1, -0.05) is 25.1 Å². The van der Waals surface area contributed by atoms with Crippen LogP contribution in [0.5, 0.6) is 0 Å². The third kappa shape index (κ3) is 4.62. The Bertz CT molecular complexity index is 631. The number of amides is 2. The minimum Gasteiger partial charge on any atom is -0.341 e. The third-order valence-electron chi connectivity index (χ3n) is 5.05. The monoisotopic (exact) mass is 344 g/mol. The second-order valence-corrected chi connectivity index (χ2v) is 7.89. The number of nitrogens with zero attached hydrogens (tertiary/aromatic N) is 1. The van der Waals surface area contributed by atoms with E-state index in [-0.39, 0.29) is 11.6 Å². The fraction of sp³-hybridized carbons (Fsp3) is 0.619. The van der Waals surface area contributed by atoms with Gasteiger partial charge in [0.25, 0.3) is 0 Å². The van der Waals surface area contributed by atoms with Gasteiger partial charge >= 0.3 is 11.8 Å². The van der Waals surface area contributed by atoms with Crippen molar-refractivity contribution in [2.24, 2.45) is 0 Å². The molecule has 0 aliphatic heterocycles. The van der Waals surface area contributed by atoms with Crippen LogP contribution < -0.4 is 5.32 Å². The lowest BCUT2D eigenvalue weighted by molar-refractivity contribution is -0.149. The zero-order chi connectivity index (χ0) is 18.6. The first-order chi connectivity index (χ1) is 11.8. The highest BCUT2D eigenvalue weighted by Crippen LogP contribution is 2.26. The largest absolute Gasteiger partial charge is 0.341 e. The molecule has 0 fully saturated rings. The van der Waals surface area contributed by atoms with Gasteiger partial charge in [0.1, 0.15) is 0 Å². The van der Waals surface area contributed by atoms with Crippen LogP contribution in [0.4, 0.5) is 0 Å². The summed E-state index contributed by atoms with van der Waals surface area (Å²) in [5.41, 5.74) is 3.56. The van der Waals surface area contributed by atoms with Crippen LogP contribution in [0.15, 0.2) is 18.2 Å². The van der Waals surface area contributed by atoms with Gasteiger partial charge in [0.15, 0.2) is 0 Å². The number of fused-ring (bicyclic) bond motifs is 1. The van der Waals surface area contributed by atoms with E-state index in [1.54, 1.807) is 4.90 Å². The molecule has 0 radical (unpaired) electrons. The molecule has 0 bridgehead atoms. The van der Waals surface area contributed by atoms with Crippen LogP contribution in [0.3, 0.4) is 0 Å². The Hall–Kier alpha value is -1.84. The summed E-state index contributed by atoms with van der Waals surface area (Å²) in [6, 6.07) is 6.38. The minimum absolute atomic E-state index is 0.123. The van der Waals surface area contributed by atoms with Crippen molar-refractivity contribution in [3.63, 3.8) is 0 Å². The molecule has 0 saturated carbocycles. The second kappa shape index (κ2) is 8.03. The third-order valence-corrected chi connectivity index (χ3v) is 5.05. The SMILES string of the molecule is CCC(NC(=O)C(=O)N(CC)C(C)(C)C)c1ccc2c(c1)CCCC2. The second-order valence-electron chi connectivity index (χ2n) is 7.89. The number of nitrogens with one attached hydrogen (secondary N) is 1. The van der Waals surface area contributed by atoms with E-state index in [1.807, 2.05) is 34.6 Å². The van der Waals surface area contributed by atoms with Crippen molar-refractivity contribution in [2.75, 3.05) is 6.54 Å². The zero-order valence-electron chi connectivity index (χ0n) is 16.3. The maximum Gasteiger partial charge on any atom is 0.312 e. The van der Waals surface area contributed by atoms with E-state index in [4.69, 9.17) is 0 Å². The van der Waals surface area contributed by atoms with Crippen molar-refractivity contribution in [2.45, 2.75) is 78.3 Å². The van der Waals surface area contributed by atoms with Crippen LogP contribution in [-0.2, 0) is 22.4 Å². The van der Waals surface area contributed by atoms with Gasteiger partial charge in [0, 0.05) is 12.1 Å². The number of likely N-dealkylation sites (N-methyl/N-ethyl adjacent to an activating group) is 1. The first kappa shape index (κ1) is 19.5. The molecular formula is C21H32N2O2. The van der Waals surface area contributed by atoms with Crippen LogP contribution >= 0.6 is 0 Å². The van der Waals surface area contributed by atoms with E-state index >= 15 is 0 Å². The molecule has 1 atom stereocenters. The Morgan fingerprint density at radius 1 is 1.12 bits per heavy atom. The fourth-order valence-electron chi connectivity index (χ4n) is 3.66. The number of aryl methyl sites for hydroxylation is 2. The molecule has 0 saturated heterocycles. The van der Waals surface area contributed by atoms with E-state index in [9.17, 15) is 9.59 Å². The predicted octanol–water partition coefficient (Wildman–Crippen LogP) is 3.78. The molecule has 2 rings (SSSR count). The topological polar surface area (TPSA) is 49.4 Å². The van der Waals surface area contributed by atoms with Crippen molar-refractivity contribution in [3.05, 3.63) is 34.9 Å². The van der Waals surface area contributed by atoms with Crippen LogP contribution in [0.1, 0.15) is 76.6 Å². The summed E-state index contributed by atoms with van der Waals surface area (Å²) in [7, 11) is 0. The van der Waals surface area contributed by atoms with Gasteiger partial charge in [-0.3, -0.25) is 9.59 Å². The standard InChI is InChI=1S/C21H32N2O2/c1-6-18(17-13-12-15-10-8-9-11-16(15)14-17)22-19(24)20(25)23(7-2)21(3,4)5/h12-14,18H,6-11H2,1-5H3,(H,22,24). The molecule has 4 heteroatoms. The molecule has 1 unspecified atom stereocenters. The lowest BCUT2D eigenvalue weighted by Gasteiger charge is -2.34. The fourth-order valence-corrected chi connectivity index (χ4v) is 3.66. The van der Waals surface area contributed by atoms with Crippen molar-refractivity contribution in [1.29, 1.82) is 0 Å². The molecule has 2 amide bonds. The van der Waals surface area contributed by atoms with Gasteiger partial charge in [-0.05, 0) is 76.5 Å². The van der Waals surface area contributed by atoms with Crippen LogP contribution in [0.25, 0.3) is 0 Å². The van der Waals surface area contributed by atoms with E-state index in [0.29, 0.717) is 6.54 Å². The molecule has 1 aliphatic rings. The quantitative estimate of drug-likeness (QED) is 0.845. The highest BCUT2D eigenvalue weighted by Gasteiger charge is 2.30. The molecule has 1 aromatic carbocycles. The van der Waals surface area contributed by atoms with Gasteiger partial charge in [0.05, 0.1) is 6.04 Å². The van der Waals surface area contributed by atoms with Gasteiger partial charge in [0.2, 0.25) is 0 Å². The average molecular weight is 344 g/mol. The maximum absolute atomic E-state index is 12.6. The molecule has 138 valence electrons. The number of rotatable bonds is 4. The summed E-state index contributed by atoms with van der Waals surface area (Å²) in [5, 5.41) is 2.95. The molecule has 0 spiro atoms. The van der Waals surface area contributed by atoms with Crippen LogP contribution in [-0.4, -0.2) is 28.8 Å². The van der Waals surface area contributed by atoms with E-state index in [0.717, 1.165) is 24.8 Å². The Kier molecular flexibility index (Phi) is 6.26. The van der Waals surface area contributed by atoms with Crippen molar-refractivity contribution < 1.29 is 9.59 Å². The van der Waals surface area contributed by atoms with Crippen molar-refractivity contribution in [3.8, 4) is 0 Å². The molecule has 1 aromatic rings. The van der Waals surface area contributed by atoms with Gasteiger partial charge in [-0.15, -0.1) is 0 Å². The smallest absolute Gasteiger partial charge is 0.312 e. The van der Waals surface area contributed by atoms with E-state index in [1.165, 1.54) is 24.0 Å². The molecule has 1 N–H and O–H groups in total. The predicted molar refractivity (Wildman–Crippen MR) is 101 cm³/mol.